The maximum absolute atomic E-state index is 5.54. The summed E-state index contributed by atoms with van der Waals surface area (Å²) in [7, 11) is 0. The molecule has 0 bridgehead atoms. The van der Waals surface area contributed by atoms with Crippen LogP contribution in [0.1, 0.15) is 19.5 Å². The molecule has 0 amide bonds. The van der Waals surface area contributed by atoms with E-state index in [9.17, 15) is 0 Å². The first-order valence-corrected chi connectivity index (χ1v) is 6.72. The van der Waals surface area contributed by atoms with Gasteiger partial charge >= 0.3 is 0 Å². The second-order valence-electron chi connectivity index (χ2n) is 5.08. The Labute approximate surface area is 114 Å². The lowest BCUT2D eigenvalue weighted by atomic mass is 10.1. The van der Waals surface area contributed by atoms with Gasteiger partial charge in [-0.15, -0.1) is 5.10 Å². The van der Waals surface area contributed by atoms with Gasteiger partial charge in [-0.2, -0.15) is 5.10 Å². The van der Waals surface area contributed by atoms with E-state index in [2.05, 4.69) is 41.5 Å². The fourth-order valence-electron chi connectivity index (χ4n) is 1.93. The summed E-state index contributed by atoms with van der Waals surface area (Å²) in [4.78, 5) is 0. The first-order valence-electron chi connectivity index (χ1n) is 6.72. The second-order valence-corrected chi connectivity index (χ2v) is 5.08. The van der Waals surface area contributed by atoms with Crippen molar-refractivity contribution < 1.29 is 4.74 Å². The summed E-state index contributed by atoms with van der Waals surface area (Å²) in [5.74, 6) is 1.40. The molecular weight excluding hydrogens is 238 g/mol. The molecular formula is C15H21N3O. The van der Waals surface area contributed by atoms with E-state index in [0.717, 1.165) is 35.4 Å². The number of aryl methyl sites for hydroxylation is 1. The van der Waals surface area contributed by atoms with Gasteiger partial charge < -0.3 is 10.1 Å². The summed E-state index contributed by atoms with van der Waals surface area (Å²) < 4.78 is 5.54. The molecule has 2 rings (SSSR count). The van der Waals surface area contributed by atoms with Crippen LogP contribution >= 0.6 is 0 Å². The molecule has 0 radical (unpaired) electrons. The highest BCUT2D eigenvalue weighted by Crippen LogP contribution is 2.21. The number of benzene rings is 1. The van der Waals surface area contributed by atoms with Crippen molar-refractivity contribution in [1.29, 1.82) is 0 Å². The number of ether oxygens (including phenoxy) is 1. The third kappa shape index (κ3) is 3.64. The molecule has 0 saturated carbocycles. The Morgan fingerprint density at radius 2 is 1.89 bits per heavy atom. The lowest BCUT2D eigenvalue weighted by molar-refractivity contribution is 0.118. The number of fused-ring (bicyclic) bond motifs is 1. The van der Waals surface area contributed by atoms with Crippen LogP contribution in [0.4, 0.5) is 5.82 Å². The van der Waals surface area contributed by atoms with Crippen molar-refractivity contribution in [2.45, 2.75) is 20.8 Å². The fraction of sp³-hybridized carbons (Fsp3) is 0.467. The Balaban J connectivity index is 1.99. The molecule has 0 atom stereocenters. The Kier molecular flexibility index (Phi) is 4.68. The van der Waals surface area contributed by atoms with Crippen LogP contribution in [-0.2, 0) is 4.74 Å². The topological polar surface area (TPSA) is 47.0 Å². The van der Waals surface area contributed by atoms with Crippen LogP contribution in [0.3, 0.4) is 0 Å². The molecule has 0 fully saturated rings. The molecule has 0 saturated heterocycles. The zero-order valence-corrected chi connectivity index (χ0v) is 11.8. The summed E-state index contributed by atoms with van der Waals surface area (Å²) in [6.07, 6.45) is 0. The van der Waals surface area contributed by atoms with Gasteiger partial charge in [0.25, 0.3) is 0 Å². The van der Waals surface area contributed by atoms with Gasteiger partial charge in [0.15, 0.2) is 5.82 Å². The lowest BCUT2D eigenvalue weighted by Gasteiger charge is -2.10. The molecule has 4 nitrogen and oxygen atoms in total. The Morgan fingerprint density at radius 3 is 2.63 bits per heavy atom. The molecule has 1 N–H and O–H groups in total. The van der Waals surface area contributed by atoms with Crippen molar-refractivity contribution in [2.24, 2.45) is 5.92 Å². The van der Waals surface area contributed by atoms with Crippen molar-refractivity contribution in [3.05, 3.63) is 30.0 Å². The molecule has 0 spiro atoms. The van der Waals surface area contributed by atoms with Gasteiger partial charge in [-0.3, -0.25) is 0 Å². The largest absolute Gasteiger partial charge is 0.379 e. The Morgan fingerprint density at radius 1 is 1.16 bits per heavy atom. The number of nitrogens with one attached hydrogen (secondary N) is 1. The van der Waals surface area contributed by atoms with Crippen molar-refractivity contribution in [2.75, 3.05) is 25.1 Å². The number of rotatable bonds is 6. The summed E-state index contributed by atoms with van der Waals surface area (Å²) in [5.41, 5.74) is 0.956. The molecule has 0 unspecified atom stereocenters. The van der Waals surface area contributed by atoms with Crippen molar-refractivity contribution >= 4 is 16.6 Å². The summed E-state index contributed by atoms with van der Waals surface area (Å²) in [6.45, 7) is 8.49. The van der Waals surface area contributed by atoms with E-state index in [-0.39, 0.29) is 0 Å². The van der Waals surface area contributed by atoms with E-state index >= 15 is 0 Å². The Bertz CT molecular complexity index is 540. The van der Waals surface area contributed by atoms with E-state index in [1.54, 1.807) is 0 Å². The van der Waals surface area contributed by atoms with E-state index < -0.39 is 0 Å². The SMILES string of the molecule is Cc1nnc(NCCOCC(C)C)c2ccccc12. The number of hydrogen-bond acceptors (Lipinski definition) is 4. The first kappa shape index (κ1) is 13.7. The van der Waals surface area contributed by atoms with Gasteiger partial charge in [0.2, 0.25) is 0 Å². The van der Waals surface area contributed by atoms with Crippen LogP contribution < -0.4 is 5.32 Å². The van der Waals surface area contributed by atoms with Gasteiger partial charge in [0.1, 0.15) is 0 Å². The standard InChI is InChI=1S/C15H21N3O/c1-11(2)10-19-9-8-16-15-14-7-5-4-6-13(14)12(3)17-18-15/h4-7,11H,8-10H2,1-3H3,(H,16,18). The van der Waals surface area contributed by atoms with Crippen molar-refractivity contribution in [1.82, 2.24) is 10.2 Å². The molecule has 2 aromatic rings. The van der Waals surface area contributed by atoms with E-state index in [0.29, 0.717) is 12.5 Å². The maximum Gasteiger partial charge on any atom is 0.156 e. The van der Waals surface area contributed by atoms with Gasteiger partial charge in [0.05, 0.1) is 12.3 Å². The average Bonchev–Trinajstić information content (AvgIpc) is 2.41. The predicted molar refractivity (Wildman–Crippen MR) is 78.4 cm³/mol. The fourth-order valence-corrected chi connectivity index (χ4v) is 1.93. The van der Waals surface area contributed by atoms with Crippen LogP contribution in [0.15, 0.2) is 24.3 Å². The highest BCUT2D eigenvalue weighted by atomic mass is 16.5. The molecule has 1 heterocycles. The predicted octanol–water partition coefficient (Wildman–Crippen LogP) is 3.02. The number of hydrogen-bond donors (Lipinski definition) is 1. The van der Waals surface area contributed by atoms with Crippen LogP contribution in [0, 0.1) is 12.8 Å². The third-order valence-corrected chi connectivity index (χ3v) is 2.86. The quantitative estimate of drug-likeness (QED) is 0.810. The van der Waals surface area contributed by atoms with Gasteiger partial charge in [-0.05, 0) is 12.8 Å². The summed E-state index contributed by atoms with van der Waals surface area (Å²) in [5, 5.41) is 13.9. The zero-order valence-electron chi connectivity index (χ0n) is 11.8. The normalized spacial score (nSPS) is 11.2. The minimum atomic E-state index is 0.569. The van der Waals surface area contributed by atoms with E-state index in [1.165, 1.54) is 0 Å². The molecule has 4 heteroatoms. The zero-order chi connectivity index (χ0) is 13.7. The van der Waals surface area contributed by atoms with Gasteiger partial charge in [-0.1, -0.05) is 38.1 Å². The van der Waals surface area contributed by atoms with E-state index in [1.807, 2.05) is 19.1 Å². The molecule has 0 aliphatic carbocycles. The molecule has 0 aliphatic heterocycles. The van der Waals surface area contributed by atoms with Crippen molar-refractivity contribution in [3.8, 4) is 0 Å². The Hall–Kier alpha value is -1.68. The van der Waals surface area contributed by atoms with Gasteiger partial charge in [-0.25, -0.2) is 0 Å². The van der Waals surface area contributed by atoms with Crippen LogP contribution in [0.5, 0.6) is 0 Å². The number of aromatic nitrogens is 2. The highest BCUT2D eigenvalue weighted by Gasteiger charge is 2.05. The smallest absolute Gasteiger partial charge is 0.156 e. The van der Waals surface area contributed by atoms with E-state index in [4.69, 9.17) is 4.74 Å². The molecule has 102 valence electrons. The lowest BCUT2D eigenvalue weighted by Crippen LogP contribution is -2.13. The van der Waals surface area contributed by atoms with Crippen LogP contribution in [-0.4, -0.2) is 30.0 Å². The third-order valence-electron chi connectivity index (χ3n) is 2.86. The number of nitrogens with zero attached hydrogens (tertiary/aromatic N) is 2. The van der Waals surface area contributed by atoms with Crippen LogP contribution in [0.25, 0.3) is 10.8 Å². The minimum Gasteiger partial charge on any atom is -0.379 e. The first-order chi connectivity index (χ1) is 9.18. The molecule has 19 heavy (non-hydrogen) atoms. The highest BCUT2D eigenvalue weighted by molar-refractivity contribution is 5.92. The maximum atomic E-state index is 5.54. The summed E-state index contributed by atoms with van der Waals surface area (Å²) >= 11 is 0. The summed E-state index contributed by atoms with van der Waals surface area (Å²) in [6, 6.07) is 8.17. The average molecular weight is 259 g/mol. The monoisotopic (exact) mass is 259 g/mol. The minimum absolute atomic E-state index is 0.569. The molecule has 0 aliphatic rings. The molecule has 1 aromatic heterocycles. The van der Waals surface area contributed by atoms with Gasteiger partial charge in [0, 0.05) is 23.9 Å². The van der Waals surface area contributed by atoms with Crippen LogP contribution in [0.2, 0.25) is 0 Å². The molecule has 1 aromatic carbocycles. The second kappa shape index (κ2) is 6.48. The van der Waals surface area contributed by atoms with Crippen molar-refractivity contribution in [3.63, 3.8) is 0 Å². The number of anilines is 1.